The van der Waals surface area contributed by atoms with E-state index in [-0.39, 0.29) is 6.04 Å². The van der Waals surface area contributed by atoms with Crippen LogP contribution >= 0.6 is 15.9 Å². The highest BCUT2D eigenvalue weighted by Crippen LogP contribution is 2.41. The van der Waals surface area contributed by atoms with Gasteiger partial charge in [-0.25, -0.2) is 0 Å². The van der Waals surface area contributed by atoms with Crippen LogP contribution in [0.2, 0.25) is 0 Å². The number of benzene rings is 2. The van der Waals surface area contributed by atoms with Crippen molar-refractivity contribution in [2.75, 3.05) is 23.8 Å². The lowest BCUT2D eigenvalue weighted by Gasteiger charge is -2.28. The van der Waals surface area contributed by atoms with Crippen LogP contribution in [-0.2, 0) is 4.84 Å². The van der Waals surface area contributed by atoms with Crippen molar-refractivity contribution in [2.45, 2.75) is 63.8 Å². The summed E-state index contributed by atoms with van der Waals surface area (Å²) in [6, 6.07) is 15.1. The summed E-state index contributed by atoms with van der Waals surface area (Å²) in [6.07, 6.45) is 9.36. The zero-order chi connectivity index (χ0) is 21.9. The zero-order valence-corrected chi connectivity index (χ0v) is 20.5. The molecule has 2 atom stereocenters. The average Bonchev–Trinajstić information content (AvgIpc) is 3.38. The molecule has 2 unspecified atom stereocenters. The highest BCUT2D eigenvalue weighted by Gasteiger charge is 2.38. The van der Waals surface area contributed by atoms with Gasteiger partial charge in [-0.1, -0.05) is 84.7 Å². The van der Waals surface area contributed by atoms with Gasteiger partial charge >= 0.3 is 0 Å². The van der Waals surface area contributed by atoms with Gasteiger partial charge in [-0.15, -0.1) is 0 Å². The first-order chi connectivity index (χ1) is 15.7. The van der Waals surface area contributed by atoms with Crippen LogP contribution in [0.5, 0.6) is 0 Å². The summed E-state index contributed by atoms with van der Waals surface area (Å²) in [4.78, 5) is 5.97. The van der Waals surface area contributed by atoms with Crippen LogP contribution in [0.4, 0.5) is 11.4 Å². The Hall–Kier alpha value is -2.01. The molecule has 1 aliphatic carbocycles. The van der Waals surface area contributed by atoms with Crippen molar-refractivity contribution < 1.29 is 4.84 Å². The molecule has 5 heteroatoms. The van der Waals surface area contributed by atoms with E-state index in [0.717, 1.165) is 40.7 Å². The fourth-order valence-electron chi connectivity index (χ4n) is 5.81. The molecular weight excluding hydrogens is 462 g/mol. The second-order valence-corrected chi connectivity index (χ2v) is 10.6. The lowest BCUT2D eigenvalue weighted by molar-refractivity contribution is 0.116. The Labute approximate surface area is 200 Å². The fraction of sp³-hybridized carbons (Fsp3) is 0.519. The molecule has 2 aromatic carbocycles. The van der Waals surface area contributed by atoms with Gasteiger partial charge in [-0.05, 0) is 48.1 Å². The number of anilines is 2. The summed E-state index contributed by atoms with van der Waals surface area (Å²) < 4.78 is 1.11. The van der Waals surface area contributed by atoms with Gasteiger partial charge in [-0.2, -0.15) is 0 Å². The lowest BCUT2D eigenvalue weighted by Crippen LogP contribution is -2.32. The molecule has 0 radical (unpaired) electrons. The average molecular weight is 496 g/mol. The Morgan fingerprint density at radius 2 is 1.78 bits per heavy atom. The minimum Gasteiger partial charge on any atom is -0.396 e. The molecule has 0 aromatic heterocycles. The van der Waals surface area contributed by atoms with Crippen molar-refractivity contribution in [1.82, 2.24) is 0 Å². The van der Waals surface area contributed by atoms with Crippen molar-refractivity contribution in [1.29, 1.82) is 0 Å². The molecule has 1 saturated carbocycles. The van der Waals surface area contributed by atoms with Crippen LogP contribution < -0.4 is 10.6 Å². The van der Waals surface area contributed by atoms with Crippen molar-refractivity contribution >= 4 is 33.0 Å². The Morgan fingerprint density at radius 3 is 2.59 bits per heavy atom. The van der Waals surface area contributed by atoms with Gasteiger partial charge in [0, 0.05) is 33.9 Å². The van der Waals surface area contributed by atoms with E-state index in [1.54, 1.807) is 0 Å². The van der Waals surface area contributed by atoms with E-state index in [4.69, 9.17) is 9.99 Å². The first-order valence-corrected chi connectivity index (χ1v) is 13.1. The van der Waals surface area contributed by atoms with Gasteiger partial charge in [0.1, 0.15) is 12.3 Å². The molecule has 0 spiro atoms. The van der Waals surface area contributed by atoms with Gasteiger partial charge in [0.15, 0.2) is 0 Å². The first-order valence-electron chi connectivity index (χ1n) is 12.3. The smallest absolute Gasteiger partial charge is 0.117 e. The number of nitrogens with zero attached hydrogens (tertiary/aromatic N) is 1. The molecule has 2 heterocycles. The maximum atomic E-state index is 5.97. The van der Waals surface area contributed by atoms with Crippen LogP contribution in [0.15, 0.2) is 52.1 Å². The Morgan fingerprint density at radius 1 is 1.00 bits per heavy atom. The molecule has 2 N–H and O–H groups in total. The molecule has 170 valence electrons. The number of oxime groups is 1. The molecular formula is C27H34BrN3O. The van der Waals surface area contributed by atoms with Crippen molar-refractivity contribution in [3.05, 3.63) is 58.1 Å². The fourth-order valence-corrected chi connectivity index (χ4v) is 6.19. The largest absolute Gasteiger partial charge is 0.396 e. The van der Waals surface area contributed by atoms with E-state index in [1.807, 2.05) is 0 Å². The number of nitrogens with one attached hydrogen (secondary N) is 2. The maximum Gasteiger partial charge on any atom is 0.117 e. The summed E-state index contributed by atoms with van der Waals surface area (Å²) in [7, 11) is 0. The second-order valence-electron chi connectivity index (χ2n) is 9.66. The number of hydrogen-bond acceptors (Lipinski definition) is 4. The SMILES string of the molecule is CCCC1CCC(CCO/N=C2\c3ccccc3NC2C2CNc3ccc(Br)cc32)CC1. The number of para-hydroxylation sites is 1. The molecule has 32 heavy (non-hydrogen) atoms. The van der Waals surface area contributed by atoms with Gasteiger partial charge in [0.2, 0.25) is 0 Å². The van der Waals surface area contributed by atoms with Crippen molar-refractivity contribution in [3.63, 3.8) is 0 Å². The van der Waals surface area contributed by atoms with Gasteiger partial charge in [-0.3, -0.25) is 0 Å². The van der Waals surface area contributed by atoms with Crippen LogP contribution in [0.3, 0.4) is 0 Å². The minimum atomic E-state index is 0.111. The van der Waals surface area contributed by atoms with E-state index < -0.39 is 0 Å². The second kappa shape index (κ2) is 9.86. The summed E-state index contributed by atoms with van der Waals surface area (Å²) in [5, 5.41) is 12.0. The van der Waals surface area contributed by atoms with Crippen LogP contribution in [0.1, 0.15) is 68.9 Å². The van der Waals surface area contributed by atoms with Gasteiger partial charge < -0.3 is 15.5 Å². The van der Waals surface area contributed by atoms with Gasteiger partial charge in [0.05, 0.1) is 6.04 Å². The Balaban J connectivity index is 1.26. The minimum absolute atomic E-state index is 0.111. The summed E-state index contributed by atoms with van der Waals surface area (Å²) in [6.45, 7) is 3.92. The van der Waals surface area contributed by atoms with Crippen LogP contribution in [0, 0.1) is 11.8 Å². The van der Waals surface area contributed by atoms with Gasteiger partial charge in [0.25, 0.3) is 0 Å². The lowest BCUT2D eigenvalue weighted by atomic mass is 9.79. The van der Waals surface area contributed by atoms with E-state index in [9.17, 15) is 0 Å². The number of rotatable bonds is 7. The standard InChI is InChI=1S/C27H34BrN3O/c1-2-5-18-8-10-19(11-9-18)14-15-32-31-27-21-6-3-4-7-25(21)30-26(27)23-17-29-24-13-12-20(28)16-22(23)24/h3-4,6-7,12-13,16,18-19,23,26,29-30H,2,5,8-11,14-15,17H2,1H3/b31-27+. The third-order valence-corrected chi connectivity index (χ3v) is 8.07. The Bertz CT molecular complexity index is 967. The predicted molar refractivity (Wildman–Crippen MR) is 137 cm³/mol. The molecule has 5 rings (SSSR count). The predicted octanol–water partition coefficient (Wildman–Crippen LogP) is 7.17. The number of fused-ring (bicyclic) bond motifs is 2. The maximum absolute atomic E-state index is 5.97. The normalized spacial score (nSPS) is 27.5. The number of hydrogen-bond donors (Lipinski definition) is 2. The molecule has 2 aromatic rings. The highest BCUT2D eigenvalue weighted by atomic mass is 79.9. The highest BCUT2D eigenvalue weighted by molar-refractivity contribution is 9.10. The van der Waals surface area contributed by atoms with E-state index in [0.29, 0.717) is 12.5 Å². The Kier molecular flexibility index (Phi) is 6.72. The number of halogens is 1. The molecule has 0 amide bonds. The molecule has 3 aliphatic rings. The van der Waals surface area contributed by atoms with E-state index in [1.165, 1.54) is 55.3 Å². The van der Waals surface area contributed by atoms with E-state index >= 15 is 0 Å². The quantitative estimate of drug-likeness (QED) is 0.316. The molecule has 2 aliphatic heterocycles. The van der Waals surface area contributed by atoms with Crippen LogP contribution in [0.25, 0.3) is 0 Å². The third kappa shape index (κ3) is 4.54. The summed E-state index contributed by atoms with van der Waals surface area (Å²) >= 11 is 3.64. The molecule has 0 saturated heterocycles. The topological polar surface area (TPSA) is 45.6 Å². The molecule has 1 fully saturated rings. The summed E-state index contributed by atoms with van der Waals surface area (Å²) in [5.41, 5.74) is 5.90. The monoisotopic (exact) mass is 495 g/mol. The molecule has 4 nitrogen and oxygen atoms in total. The zero-order valence-electron chi connectivity index (χ0n) is 18.9. The van der Waals surface area contributed by atoms with E-state index in [2.05, 4.69) is 76.0 Å². The third-order valence-electron chi connectivity index (χ3n) is 7.58. The van der Waals surface area contributed by atoms with Crippen LogP contribution in [-0.4, -0.2) is 24.9 Å². The van der Waals surface area contributed by atoms with Crippen molar-refractivity contribution in [3.8, 4) is 0 Å². The molecule has 0 bridgehead atoms. The van der Waals surface area contributed by atoms with Crippen molar-refractivity contribution in [2.24, 2.45) is 17.0 Å². The first kappa shape index (κ1) is 21.8. The summed E-state index contributed by atoms with van der Waals surface area (Å²) in [5.74, 6) is 2.07.